The van der Waals surface area contributed by atoms with Gasteiger partial charge in [-0.15, -0.1) is 0 Å². The molecule has 1 atom stereocenters. The largest absolute Gasteiger partial charge is 0.458 e. The lowest BCUT2D eigenvalue weighted by Crippen LogP contribution is -2.44. The average Bonchev–Trinajstić information content (AvgIpc) is 3.28. The third kappa shape index (κ3) is 44.2. The van der Waals surface area contributed by atoms with Crippen LogP contribution in [0.1, 0.15) is 218 Å². The fourth-order valence-electron chi connectivity index (χ4n) is 7.31. The second-order valence-electron chi connectivity index (χ2n) is 23.3. The molecule has 0 aromatic rings. The zero-order valence-corrected chi connectivity index (χ0v) is 48.9. The first-order chi connectivity index (χ1) is 35.5. The van der Waals surface area contributed by atoms with Gasteiger partial charge in [0.05, 0.1) is 6.61 Å². The quantitative estimate of drug-likeness (QED) is 0.0146. The number of nitrogens with one attached hydrogen (secondary N) is 5. The van der Waals surface area contributed by atoms with Crippen molar-refractivity contribution >= 4 is 47.9 Å². The Morgan fingerprint density at radius 1 is 0.421 bits per heavy atom. The first-order valence-corrected chi connectivity index (χ1v) is 28.0. The Labute approximate surface area is 455 Å². The highest BCUT2D eigenvalue weighted by Gasteiger charge is 2.28. The molecule has 0 spiro atoms. The van der Waals surface area contributed by atoms with Crippen LogP contribution in [-0.2, 0) is 47.8 Å². The van der Waals surface area contributed by atoms with E-state index in [1.165, 1.54) is 38.5 Å². The van der Waals surface area contributed by atoms with E-state index in [4.69, 9.17) is 28.9 Å². The number of aliphatic hydroxyl groups excluding tert-OH is 1. The van der Waals surface area contributed by atoms with Gasteiger partial charge in [0.15, 0.2) is 0 Å². The molecule has 21 heteroatoms. The summed E-state index contributed by atoms with van der Waals surface area (Å²) in [4.78, 5) is 110. The van der Waals surface area contributed by atoms with Crippen molar-refractivity contribution in [2.24, 2.45) is 0 Å². The standard InChI is InChI=1S/C55H103N7O14/c1-52(2,3)73-48(68)43(59-47(67)29-23-21-19-17-15-13-14-16-18-20-22-26-41-63)30-31-44(64)56-34-27-39-61(50(70)75-54(7,8)9)37-24-25-38-62(51(71)76-55(10,11)12)40-28-35-57-45(65)32-33-46(66)58-36-42-72-60-49(69)74-53(4,5)6/h43,63H,13-42H2,1-12H3,(H,56,64)(H,57,65)(H,58,66)(H,59,67)(H,60,69). The Balaban J connectivity index is 5.06. The van der Waals surface area contributed by atoms with Crippen LogP contribution in [0.25, 0.3) is 0 Å². The van der Waals surface area contributed by atoms with Gasteiger partial charge in [-0.2, -0.15) is 5.48 Å². The second-order valence-corrected chi connectivity index (χ2v) is 23.3. The molecule has 0 radical (unpaired) electrons. The number of hydrogen-bond acceptors (Lipinski definition) is 14. The molecule has 1 unspecified atom stereocenters. The first-order valence-electron chi connectivity index (χ1n) is 28.0. The number of rotatable bonds is 39. The van der Waals surface area contributed by atoms with Crippen molar-refractivity contribution in [3.8, 4) is 0 Å². The van der Waals surface area contributed by atoms with Crippen LogP contribution in [0.4, 0.5) is 14.4 Å². The van der Waals surface area contributed by atoms with Gasteiger partial charge in [0, 0.05) is 78.1 Å². The fraction of sp³-hybridized carbons (Fsp3) is 0.855. The highest BCUT2D eigenvalue weighted by Crippen LogP contribution is 2.16. The molecule has 0 saturated heterocycles. The average molecular weight is 1090 g/mol. The van der Waals surface area contributed by atoms with E-state index in [9.17, 15) is 38.4 Å². The van der Waals surface area contributed by atoms with Gasteiger partial charge in [-0.1, -0.05) is 64.2 Å². The Hall–Kier alpha value is -4.92. The molecule has 0 bridgehead atoms. The lowest BCUT2D eigenvalue weighted by molar-refractivity contribution is -0.159. The Bertz CT molecular complexity index is 1690. The topological polar surface area (TPSA) is 270 Å². The van der Waals surface area contributed by atoms with Gasteiger partial charge >= 0.3 is 24.2 Å². The van der Waals surface area contributed by atoms with Crippen LogP contribution in [0.5, 0.6) is 0 Å². The predicted octanol–water partition coefficient (Wildman–Crippen LogP) is 8.28. The van der Waals surface area contributed by atoms with E-state index < -0.39 is 52.7 Å². The zero-order valence-electron chi connectivity index (χ0n) is 48.9. The van der Waals surface area contributed by atoms with Gasteiger partial charge < -0.3 is 55.1 Å². The molecule has 0 aliphatic heterocycles. The molecular formula is C55H103N7O14. The number of aliphatic hydroxyl groups is 1. The van der Waals surface area contributed by atoms with Crippen LogP contribution in [0.3, 0.4) is 0 Å². The number of amides is 7. The Morgan fingerprint density at radius 2 is 0.803 bits per heavy atom. The Morgan fingerprint density at radius 3 is 1.22 bits per heavy atom. The molecule has 0 saturated carbocycles. The summed E-state index contributed by atoms with van der Waals surface area (Å²) in [6, 6.07) is -0.981. The summed E-state index contributed by atoms with van der Waals surface area (Å²) in [5, 5.41) is 19.9. The second kappa shape index (κ2) is 39.4. The molecule has 0 rings (SSSR count). The number of hydrogen-bond donors (Lipinski definition) is 6. The lowest BCUT2D eigenvalue weighted by Gasteiger charge is -2.29. The summed E-state index contributed by atoms with van der Waals surface area (Å²) in [6.07, 6.45) is 13.3. The third-order valence-electron chi connectivity index (χ3n) is 10.9. The van der Waals surface area contributed by atoms with Crippen molar-refractivity contribution in [3.05, 3.63) is 0 Å². The maximum atomic E-state index is 13.3. The molecule has 0 aromatic heterocycles. The summed E-state index contributed by atoms with van der Waals surface area (Å²) >= 11 is 0. The van der Waals surface area contributed by atoms with Crippen molar-refractivity contribution < 1.29 is 67.2 Å². The summed E-state index contributed by atoms with van der Waals surface area (Å²) < 4.78 is 22.0. The van der Waals surface area contributed by atoms with Crippen molar-refractivity contribution in [3.63, 3.8) is 0 Å². The van der Waals surface area contributed by atoms with Crippen LogP contribution in [0.15, 0.2) is 0 Å². The van der Waals surface area contributed by atoms with E-state index in [0.29, 0.717) is 45.2 Å². The van der Waals surface area contributed by atoms with Gasteiger partial charge in [-0.05, 0) is 128 Å². The number of ether oxygens (including phenoxy) is 4. The minimum absolute atomic E-state index is 0.000971. The number of carbonyl (C=O) groups excluding carboxylic acids is 8. The van der Waals surface area contributed by atoms with Gasteiger partial charge in [0.1, 0.15) is 28.4 Å². The predicted molar refractivity (Wildman–Crippen MR) is 292 cm³/mol. The third-order valence-corrected chi connectivity index (χ3v) is 10.9. The molecule has 0 aliphatic carbocycles. The maximum Gasteiger partial charge on any atom is 0.431 e. The van der Waals surface area contributed by atoms with Gasteiger partial charge in [-0.3, -0.25) is 24.0 Å². The van der Waals surface area contributed by atoms with Gasteiger partial charge in [-0.25, -0.2) is 19.2 Å². The zero-order chi connectivity index (χ0) is 57.6. The maximum absolute atomic E-state index is 13.3. The summed E-state index contributed by atoms with van der Waals surface area (Å²) in [5.74, 6) is -1.86. The molecule has 0 aromatic carbocycles. The van der Waals surface area contributed by atoms with Crippen molar-refractivity contribution in [1.29, 1.82) is 0 Å². The minimum Gasteiger partial charge on any atom is -0.458 e. The van der Waals surface area contributed by atoms with Crippen LogP contribution < -0.4 is 26.7 Å². The summed E-state index contributed by atoms with van der Waals surface area (Å²) in [5.41, 5.74) is -0.832. The molecule has 76 heavy (non-hydrogen) atoms. The molecule has 0 fully saturated rings. The smallest absolute Gasteiger partial charge is 0.431 e. The molecule has 442 valence electrons. The van der Waals surface area contributed by atoms with Crippen LogP contribution in [-0.4, -0.2) is 150 Å². The number of hydroxylamine groups is 1. The number of carbonyl (C=O) groups is 8. The van der Waals surface area contributed by atoms with Gasteiger partial charge in [0.25, 0.3) is 0 Å². The lowest BCUT2D eigenvalue weighted by atomic mass is 10.0. The monoisotopic (exact) mass is 1090 g/mol. The fourth-order valence-corrected chi connectivity index (χ4v) is 7.31. The van der Waals surface area contributed by atoms with E-state index >= 15 is 0 Å². The van der Waals surface area contributed by atoms with E-state index in [2.05, 4.69) is 26.7 Å². The van der Waals surface area contributed by atoms with E-state index in [-0.39, 0.29) is 102 Å². The summed E-state index contributed by atoms with van der Waals surface area (Å²) in [6.45, 7) is 23.1. The number of nitrogens with zero attached hydrogens (tertiary/aromatic N) is 2. The number of esters is 1. The molecule has 6 N–H and O–H groups in total. The van der Waals surface area contributed by atoms with E-state index in [1.54, 1.807) is 92.9 Å². The molecule has 0 heterocycles. The first kappa shape index (κ1) is 71.1. The minimum atomic E-state index is -0.981. The highest BCUT2D eigenvalue weighted by atomic mass is 16.7. The van der Waals surface area contributed by atoms with E-state index in [1.807, 2.05) is 0 Å². The summed E-state index contributed by atoms with van der Waals surface area (Å²) in [7, 11) is 0. The number of unbranched alkanes of at least 4 members (excludes halogenated alkanes) is 12. The van der Waals surface area contributed by atoms with Gasteiger partial charge in [0.2, 0.25) is 23.6 Å². The molecule has 7 amide bonds. The highest BCUT2D eigenvalue weighted by molar-refractivity contribution is 5.85. The van der Waals surface area contributed by atoms with E-state index in [0.717, 1.165) is 32.1 Å². The van der Waals surface area contributed by atoms with Crippen molar-refractivity contribution in [2.75, 3.05) is 59.0 Å². The van der Waals surface area contributed by atoms with Crippen LogP contribution in [0, 0.1) is 0 Å². The molecule has 0 aliphatic rings. The molecular weight excluding hydrogens is 983 g/mol. The Kier molecular flexibility index (Phi) is 36.9. The van der Waals surface area contributed by atoms with Crippen LogP contribution >= 0.6 is 0 Å². The van der Waals surface area contributed by atoms with Crippen molar-refractivity contribution in [2.45, 2.75) is 246 Å². The normalized spacial score (nSPS) is 12.2. The van der Waals surface area contributed by atoms with Crippen molar-refractivity contribution in [1.82, 2.24) is 36.5 Å². The SMILES string of the molecule is CC(C)(C)OC(=O)NOCCNC(=O)CCC(=O)NCCCN(CCCCN(CCCNC(=O)CCC(NC(=O)CCCCCCCCCCCCCCO)C(=O)OC(C)(C)C)C(=O)OC(C)(C)C)C(=O)OC(C)(C)C. The van der Waals surface area contributed by atoms with Crippen LogP contribution in [0.2, 0.25) is 0 Å². The molecule has 21 nitrogen and oxygen atoms in total.